The molecule has 1 saturated carbocycles. The molecule has 6 heteroatoms. The van der Waals surface area contributed by atoms with Crippen LogP contribution in [0, 0.1) is 11.8 Å². The van der Waals surface area contributed by atoms with Crippen molar-refractivity contribution in [2.75, 3.05) is 13.1 Å². The Morgan fingerprint density at radius 1 is 1.12 bits per heavy atom. The van der Waals surface area contributed by atoms with Crippen molar-refractivity contribution < 1.29 is 4.79 Å². The van der Waals surface area contributed by atoms with Gasteiger partial charge in [0.05, 0.1) is 6.54 Å². The van der Waals surface area contributed by atoms with Crippen molar-refractivity contribution in [3.63, 3.8) is 0 Å². The third kappa shape index (κ3) is 9.69. The molecular formula is C18H37IN4O. The van der Waals surface area contributed by atoms with Crippen LogP contribution in [0.25, 0.3) is 0 Å². The molecule has 1 aliphatic rings. The molecule has 142 valence electrons. The second-order valence-corrected chi connectivity index (χ2v) is 7.23. The van der Waals surface area contributed by atoms with Crippen molar-refractivity contribution in [2.45, 2.75) is 78.8 Å². The number of guanidine groups is 1. The van der Waals surface area contributed by atoms with Crippen LogP contribution in [-0.2, 0) is 4.79 Å². The number of nitrogens with one attached hydrogen (secondary N) is 3. The molecule has 0 unspecified atom stereocenters. The van der Waals surface area contributed by atoms with Gasteiger partial charge in [0.15, 0.2) is 5.96 Å². The lowest BCUT2D eigenvalue weighted by molar-refractivity contribution is -0.121. The highest BCUT2D eigenvalue weighted by atomic mass is 127. The summed E-state index contributed by atoms with van der Waals surface area (Å²) >= 11 is 0. The minimum atomic E-state index is 0. The third-order valence-electron chi connectivity index (χ3n) is 4.46. The molecule has 0 aromatic rings. The van der Waals surface area contributed by atoms with Gasteiger partial charge in [0.1, 0.15) is 0 Å². The van der Waals surface area contributed by atoms with Gasteiger partial charge in [-0.25, -0.2) is 0 Å². The van der Waals surface area contributed by atoms with Gasteiger partial charge < -0.3 is 16.0 Å². The second kappa shape index (κ2) is 12.8. The van der Waals surface area contributed by atoms with Crippen molar-refractivity contribution in [3.8, 4) is 0 Å². The number of rotatable bonds is 7. The average Bonchev–Trinajstić information content (AvgIpc) is 2.47. The number of halogens is 1. The highest BCUT2D eigenvalue weighted by Crippen LogP contribution is 2.29. The lowest BCUT2D eigenvalue weighted by Gasteiger charge is -2.32. The molecule has 0 aromatic heterocycles. The normalized spacial score (nSPS) is 21.4. The van der Waals surface area contributed by atoms with Gasteiger partial charge in [0.25, 0.3) is 0 Å². The Hall–Kier alpha value is -0.530. The van der Waals surface area contributed by atoms with Gasteiger partial charge in [-0.1, -0.05) is 13.8 Å². The van der Waals surface area contributed by atoms with Crippen LogP contribution in [0.1, 0.15) is 66.7 Å². The molecule has 24 heavy (non-hydrogen) atoms. The molecule has 1 rings (SSSR count). The van der Waals surface area contributed by atoms with Crippen molar-refractivity contribution in [1.82, 2.24) is 16.0 Å². The van der Waals surface area contributed by atoms with E-state index < -0.39 is 0 Å². The molecule has 5 nitrogen and oxygen atoms in total. The fourth-order valence-corrected chi connectivity index (χ4v) is 3.11. The Labute approximate surface area is 165 Å². The number of carbonyl (C=O) groups is 1. The van der Waals surface area contributed by atoms with Gasteiger partial charge >= 0.3 is 0 Å². The summed E-state index contributed by atoms with van der Waals surface area (Å²) in [7, 11) is 0. The van der Waals surface area contributed by atoms with Crippen molar-refractivity contribution in [1.29, 1.82) is 0 Å². The molecule has 3 N–H and O–H groups in total. The smallest absolute Gasteiger partial charge is 0.222 e. The van der Waals surface area contributed by atoms with Crippen molar-refractivity contribution in [3.05, 3.63) is 0 Å². The van der Waals surface area contributed by atoms with E-state index in [0.29, 0.717) is 19.0 Å². The molecule has 0 atom stereocenters. The summed E-state index contributed by atoms with van der Waals surface area (Å²) in [6.07, 6.45) is 5.45. The predicted molar refractivity (Wildman–Crippen MR) is 113 cm³/mol. The summed E-state index contributed by atoms with van der Waals surface area (Å²) in [5.41, 5.74) is 0. The highest BCUT2D eigenvalue weighted by Gasteiger charge is 2.23. The van der Waals surface area contributed by atoms with Crippen LogP contribution < -0.4 is 16.0 Å². The Balaban J connectivity index is 0.00000529. The van der Waals surface area contributed by atoms with E-state index in [1.807, 2.05) is 13.8 Å². The molecule has 0 spiro atoms. The first-order valence-electron chi connectivity index (χ1n) is 9.26. The predicted octanol–water partition coefficient (Wildman–Crippen LogP) is 3.29. The number of hydrogen-bond donors (Lipinski definition) is 3. The molecule has 1 amide bonds. The summed E-state index contributed by atoms with van der Waals surface area (Å²) in [6.45, 7) is 12.0. The topological polar surface area (TPSA) is 65.5 Å². The number of aliphatic imine (C=N–C) groups is 1. The molecule has 0 bridgehead atoms. The van der Waals surface area contributed by atoms with E-state index in [4.69, 9.17) is 0 Å². The van der Waals surface area contributed by atoms with E-state index >= 15 is 0 Å². The maximum Gasteiger partial charge on any atom is 0.222 e. The van der Waals surface area contributed by atoms with E-state index in [-0.39, 0.29) is 35.9 Å². The van der Waals surface area contributed by atoms with Crippen LogP contribution in [0.2, 0.25) is 0 Å². The number of hydrogen-bond acceptors (Lipinski definition) is 2. The van der Waals surface area contributed by atoms with Crippen molar-refractivity contribution >= 4 is 35.8 Å². The zero-order valence-corrected chi connectivity index (χ0v) is 18.4. The molecule has 0 heterocycles. The molecule has 0 radical (unpaired) electrons. The average molecular weight is 452 g/mol. The van der Waals surface area contributed by atoms with Crippen LogP contribution >= 0.6 is 24.0 Å². The Morgan fingerprint density at radius 2 is 1.75 bits per heavy atom. The van der Waals surface area contributed by atoms with E-state index in [1.54, 1.807) is 0 Å². The van der Waals surface area contributed by atoms with E-state index in [2.05, 4.69) is 41.7 Å². The van der Waals surface area contributed by atoms with Gasteiger partial charge in [-0.05, 0) is 58.3 Å². The summed E-state index contributed by atoms with van der Waals surface area (Å²) in [5, 5.41) is 9.72. The van der Waals surface area contributed by atoms with E-state index in [1.165, 1.54) is 25.7 Å². The van der Waals surface area contributed by atoms with Crippen LogP contribution in [0.4, 0.5) is 0 Å². The Morgan fingerprint density at radius 3 is 2.25 bits per heavy atom. The van der Waals surface area contributed by atoms with Crippen LogP contribution in [0.15, 0.2) is 4.99 Å². The maximum atomic E-state index is 11.7. The monoisotopic (exact) mass is 452 g/mol. The summed E-state index contributed by atoms with van der Waals surface area (Å²) in [5.74, 6) is 2.57. The van der Waals surface area contributed by atoms with Crippen LogP contribution in [-0.4, -0.2) is 37.0 Å². The summed E-state index contributed by atoms with van der Waals surface area (Å²) in [4.78, 5) is 16.2. The van der Waals surface area contributed by atoms with E-state index in [9.17, 15) is 4.79 Å². The fourth-order valence-electron chi connectivity index (χ4n) is 3.11. The lowest BCUT2D eigenvalue weighted by Crippen LogP contribution is -2.45. The van der Waals surface area contributed by atoms with Crippen LogP contribution in [0.5, 0.6) is 0 Å². The summed E-state index contributed by atoms with van der Waals surface area (Å²) < 4.78 is 0. The molecular weight excluding hydrogens is 415 g/mol. The quantitative estimate of drug-likeness (QED) is 0.316. The minimum Gasteiger partial charge on any atom is -0.357 e. The zero-order chi connectivity index (χ0) is 17.2. The largest absolute Gasteiger partial charge is 0.357 e. The van der Waals surface area contributed by atoms with Crippen LogP contribution in [0.3, 0.4) is 0 Å². The molecule has 0 aromatic carbocycles. The van der Waals surface area contributed by atoms with Crippen molar-refractivity contribution in [2.24, 2.45) is 16.8 Å². The molecule has 0 saturated heterocycles. The Kier molecular flexibility index (Phi) is 12.5. The first-order chi connectivity index (χ1) is 10.9. The zero-order valence-electron chi connectivity index (χ0n) is 16.0. The summed E-state index contributed by atoms with van der Waals surface area (Å²) in [6, 6.07) is 0.696. The standard InChI is InChI=1S/C18H36N4O.HI/c1-6-19-18(20-12-11-17(23)21-14(4)5)22-16-9-7-15(8-10-16)13(2)3;/h13-16H,6-12H2,1-5H3,(H,21,23)(H2,19,20,22);1H. The second-order valence-electron chi connectivity index (χ2n) is 7.23. The van der Waals surface area contributed by atoms with Gasteiger partial charge in [0.2, 0.25) is 5.91 Å². The molecule has 0 aliphatic heterocycles. The Bertz CT molecular complexity index is 377. The minimum absolute atomic E-state index is 0. The number of amides is 1. The van der Waals surface area contributed by atoms with Gasteiger partial charge in [-0.2, -0.15) is 0 Å². The fraction of sp³-hybridized carbons (Fsp3) is 0.889. The first kappa shape index (κ1) is 23.5. The number of nitrogens with zero attached hydrogens (tertiary/aromatic N) is 1. The first-order valence-corrected chi connectivity index (χ1v) is 9.26. The van der Waals surface area contributed by atoms with Gasteiger partial charge in [-0.3, -0.25) is 9.79 Å². The van der Waals surface area contributed by atoms with E-state index in [0.717, 1.165) is 24.3 Å². The third-order valence-corrected chi connectivity index (χ3v) is 4.46. The lowest BCUT2D eigenvalue weighted by atomic mass is 9.80. The highest BCUT2D eigenvalue weighted by molar-refractivity contribution is 14.0. The maximum absolute atomic E-state index is 11.7. The van der Waals surface area contributed by atoms with Gasteiger partial charge in [-0.15, -0.1) is 24.0 Å². The number of carbonyl (C=O) groups excluding carboxylic acids is 1. The van der Waals surface area contributed by atoms with Gasteiger partial charge in [0, 0.05) is 25.0 Å². The SMILES string of the molecule is CCNC(=NCCC(=O)NC(C)C)NC1CCC(C(C)C)CC1.I. The molecule has 1 fully saturated rings. The molecule has 1 aliphatic carbocycles.